The number of fused-ring (bicyclic) bond motifs is 2. The lowest BCUT2D eigenvalue weighted by molar-refractivity contribution is 0.562. The van der Waals surface area contributed by atoms with E-state index in [-0.39, 0.29) is 5.41 Å². The second-order valence-corrected chi connectivity index (χ2v) is 9.07. The van der Waals surface area contributed by atoms with Crippen LogP contribution in [0.4, 0.5) is 11.6 Å². The van der Waals surface area contributed by atoms with Crippen molar-refractivity contribution >= 4 is 38.7 Å². The Morgan fingerprint density at radius 3 is 2.46 bits per heavy atom. The molecule has 0 aromatic carbocycles. The van der Waals surface area contributed by atoms with Crippen LogP contribution in [0.25, 0.3) is 15.7 Å². The lowest BCUT2D eigenvalue weighted by atomic mass is 9.92. The SMILES string of the molecule is CC(C)(C)c1cc2c(N3CCN(c4ncnc5sccc45)CC3)nccn2n1. The molecular weight excluding hydrogens is 370 g/mol. The molecule has 0 aliphatic carbocycles. The Hall–Kier alpha value is -2.74. The molecule has 8 heteroatoms. The summed E-state index contributed by atoms with van der Waals surface area (Å²) >= 11 is 1.66. The molecule has 0 N–H and O–H groups in total. The predicted molar refractivity (Wildman–Crippen MR) is 114 cm³/mol. The molecule has 0 unspecified atom stereocenters. The number of thiophene rings is 1. The van der Waals surface area contributed by atoms with Crippen molar-refractivity contribution in [1.82, 2.24) is 24.6 Å². The highest BCUT2D eigenvalue weighted by Gasteiger charge is 2.24. The lowest BCUT2D eigenvalue weighted by Gasteiger charge is -2.36. The van der Waals surface area contributed by atoms with Crippen molar-refractivity contribution < 1.29 is 0 Å². The van der Waals surface area contributed by atoms with Gasteiger partial charge in [0.2, 0.25) is 0 Å². The Morgan fingerprint density at radius 2 is 1.71 bits per heavy atom. The van der Waals surface area contributed by atoms with Gasteiger partial charge in [-0.25, -0.2) is 19.5 Å². The molecule has 144 valence electrons. The van der Waals surface area contributed by atoms with E-state index in [0.29, 0.717) is 0 Å². The van der Waals surface area contributed by atoms with Crippen molar-refractivity contribution in [2.45, 2.75) is 26.2 Å². The van der Waals surface area contributed by atoms with Gasteiger partial charge in [-0.3, -0.25) is 0 Å². The van der Waals surface area contributed by atoms with E-state index >= 15 is 0 Å². The molecule has 1 fully saturated rings. The van der Waals surface area contributed by atoms with E-state index < -0.39 is 0 Å². The molecule has 4 aromatic rings. The van der Waals surface area contributed by atoms with Gasteiger partial charge in [-0.1, -0.05) is 20.8 Å². The van der Waals surface area contributed by atoms with Crippen LogP contribution in [0.1, 0.15) is 26.5 Å². The summed E-state index contributed by atoms with van der Waals surface area (Å²) in [6.45, 7) is 10.2. The fraction of sp³-hybridized carbons (Fsp3) is 0.400. The van der Waals surface area contributed by atoms with Crippen molar-refractivity contribution in [3.63, 3.8) is 0 Å². The van der Waals surface area contributed by atoms with Crippen molar-refractivity contribution in [3.05, 3.63) is 41.9 Å². The number of piperazine rings is 1. The van der Waals surface area contributed by atoms with E-state index in [1.165, 1.54) is 0 Å². The van der Waals surface area contributed by atoms with Crippen LogP contribution in [-0.2, 0) is 5.41 Å². The van der Waals surface area contributed by atoms with Crippen LogP contribution in [0.5, 0.6) is 0 Å². The second-order valence-electron chi connectivity index (χ2n) is 8.17. The van der Waals surface area contributed by atoms with Crippen molar-refractivity contribution in [1.29, 1.82) is 0 Å². The maximum atomic E-state index is 4.75. The summed E-state index contributed by atoms with van der Waals surface area (Å²) in [4.78, 5) is 19.4. The third-order valence-corrected chi connectivity index (χ3v) is 6.08. The van der Waals surface area contributed by atoms with E-state index in [1.807, 2.05) is 16.9 Å². The van der Waals surface area contributed by atoms with E-state index in [2.05, 4.69) is 63.0 Å². The topological polar surface area (TPSA) is 62.5 Å². The average Bonchev–Trinajstić information content (AvgIpc) is 3.34. The zero-order valence-electron chi connectivity index (χ0n) is 16.3. The first kappa shape index (κ1) is 17.4. The molecular formula is C20H23N7S. The largest absolute Gasteiger partial charge is 0.352 e. The zero-order valence-corrected chi connectivity index (χ0v) is 17.1. The summed E-state index contributed by atoms with van der Waals surface area (Å²) in [6.07, 6.45) is 5.44. The van der Waals surface area contributed by atoms with Crippen LogP contribution in [0, 0.1) is 0 Å². The molecule has 0 saturated carbocycles. The van der Waals surface area contributed by atoms with Crippen molar-refractivity contribution in [3.8, 4) is 0 Å². The summed E-state index contributed by atoms with van der Waals surface area (Å²) in [5, 5.41) is 7.98. The van der Waals surface area contributed by atoms with Crippen LogP contribution < -0.4 is 9.80 Å². The van der Waals surface area contributed by atoms with Gasteiger partial charge >= 0.3 is 0 Å². The van der Waals surface area contributed by atoms with Crippen LogP contribution in [-0.4, -0.2) is 50.7 Å². The van der Waals surface area contributed by atoms with Gasteiger partial charge < -0.3 is 9.80 Å². The summed E-state index contributed by atoms with van der Waals surface area (Å²) in [5.41, 5.74) is 2.17. The van der Waals surface area contributed by atoms with E-state index in [0.717, 1.165) is 59.2 Å². The third-order valence-electron chi connectivity index (χ3n) is 5.26. The first-order valence-corrected chi connectivity index (χ1v) is 10.4. The maximum absolute atomic E-state index is 4.75. The first-order valence-electron chi connectivity index (χ1n) is 9.54. The summed E-state index contributed by atoms with van der Waals surface area (Å²) in [5.74, 6) is 2.05. The molecule has 0 bridgehead atoms. The average molecular weight is 394 g/mol. The highest BCUT2D eigenvalue weighted by molar-refractivity contribution is 7.16. The molecule has 4 aromatic heterocycles. The fourth-order valence-electron chi connectivity index (χ4n) is 3.68. The third kappa shape index (κ3) is 2.88. The summed E-state index contributed by atoms with van der Waals surface area (Å²) in [6, 6.07) is 4.29. The molecule has 1 saturated heterocycles. The minimum absolute atomic E-state index is 0.0148. The Kier molecular flexibility index (Phi) is 3.97. The smallest absolute Gasteiger partial charge is 0.154 e. The van der Waals surface area contributed by atoms with Gasteiger partial charge in [0.25, 0.3) is 0 Å². The second kappa shape index (κ2) is 6.41. The Labute approximate surface area is 167 Å². The number of hydrogen-bond donors (Lipinski definition) is 0. The van der Waals surface area contributed by atoms with Crippen molar-refractivity contribution in [2.24, 2.45) is 0 Å². The van der Waals surface area contributed by atoms with E-state index in [1.54, 1.807) is 17.7 Å². The Morgan fingerprint density at radius 1 is 0.964 bits per heavy atom. The van der Waals surface area contributed by atoms with Gasteiger partial charge in [0.1, 0.15) is 22.5 Å². The van der Waals surface area contributed by atoms with Crippen LogP contribution in [0.3, 0.4) is 0 Å². The monoisotopic (exact) mass is 393 g/mol. The highest BCUT2D eigenvalue weighted by Crippen LogP contribution is 2.30. The minimum atomic E-state index is 0.0148. The van der Waals surface area contributed by atoms with Crippen molar-refractivity contribution in [2.75, 3.05) is 36.0 Å². The molecule has 5 rings (SSSR count). The van der Waals surface area contributed by atoms with Gasteiger partial charge in [0, 0.05) is 44.0 Å². The lowest BCUT2D eigenvalue weighted by Crippen LogP contribution is -2.47. The maximum Gasteiger partial charge on any atom is 0.154 e. The molecule has 0 amide bonds. The molecule has 5 heterocycles. The first-order chi connectivity index (χ1) is 13.5. The summed E-state index contributed by atoms with van der Waals surface area (Å²) < 4.78 is 1.95. The number of anilines is 2. The van der Waals surface area contributed by atoms with Crippen LogP contribution in [0.15, 0.2) is 36.2 Å². The molecule has 1 aliphatic heterocycles. The molecule has 0 atom stereocenters. The van der Waals surface area contributed by atoms with E-state index in [4.69, 9.17) is 5.10 Å². The number of aromatic nitrogens is 5. The highest BCUT2D eigenvalue weighted by atomic mass is 32.1. The zero-order chi connectivity index (χ0) is 19.3. The summed E-state index contributed by atoms with van der Waals surface area (Å²) in [7, 11) is 0. The normalized spacial score (nSPS) is 15.7. The molecule has 1 aliphatic rings. The number of rotatable bonds is 2. The van der Waals surface area contributed by atoms with Crippen LogP contribution >= 0.6 is 11.3 Å². The van der Waals surface area contributed by atoms with Gasteiger partial charge in [-0.15, -0.1) is 11.3 Å². The quantitative estimate of drug-likeness (QED) is 0.520. The number of nitrogens with zero attached hydrogens (tertiary/aromatic N) is 7. The fourth-order valence-corrected chi connectivity index (χ4v) is 4.40. The van der Waals surface area contributed by atoms with Gasteiger partial charge in [-0.05, 0) is 17.5 Å². The standard InChI is InChI=1S/C20H23N7S/c1-20(2,3)16-12-15-18(21-5-6-27(15)24-16)26-9-7-25(8-10-26)17-14-4-11-28-19(14)23-13-22-17/h4-6,11-13H,7-10H2,1-3H3. The Bertz CT molecular complexity index is 1130. The Balaban J connectivity index is 1.41. The molecule has 0 radical (unpaired) electrons. The number of hydrogen-bond acceptors (Lipinski definition) is 7. The van der Waals surface area contributed by atoms with Gasteiger partial charge in [0.15, 0.2) is 5.82 Å². The van der Waals surface area contributed by atoms with E-state index in [9.17, 15) is 0 Å². The van der Waals surface area contributed by atoms with Gasteiger partial charge in [-0.2, -0.15) is 5.10 Å². The molecule has 28 heavy (non-hydrogen) atoms. The minimum Gasteiger partial charge on any atom is -0.352 e. The molecule has 0 spiro atoms. The molecule has 7 nitrogen and oxygen atoms in total. The van der Waals surface area contributed by atoms with Crippen LogP contribution in [0.2, 0.25) is 0 Å². The predicted octanol–water partition coefficient (Wildman–Crippen LogP) is 3.36. The van der Waals surface area contributed by atoms with Gasteiger partial charge in [0.05, 0.1) is 11.1 Å².